The van der Waals surface area contributed by atoms with E-state index in [2.05, 4.69) is 11.0 Å². The minimum absolute atomic E-state index is 0.159. The molecule has 2 unspecified atom stereocenters. The molecule has 1 aliphatic rings. The Balaban J connectivity index is 1.55. The second kappa shape index (κ2) is 15.9. The summed E-state index contributed by atoms with van der Waals surface area (Å²) in [5.41, 5.74) is 3.80. The van der Waals surface area contributed by atoms with Gasteiger partial charge in [-0.15, -0.1) is 0 Å². The first-order valence-electron chi connectivity index (χ1n) is 14.5. The summed E-state index contributed by atoms with van der Waals surface area (Å²) >= 11 is 0. The molecule has 0 radical (unpaired) electrons. The van der Waals surface area contributed by atoms with Crippen molar-refractivity contribution in [3.8, 4) is 5.75 Å². The van der Waals surface area contributed by atoms with Crippen molar-refractivity contribution in [1.82, 2.24) is 4.90 Å². The lowest BCUT2D eigenvalue weighted by Crippen LogP contribution is -2.39. The number of rotatable bonds is 16. The van der Waals surface area contributed by atoms with Crippen LogP contribution < -0.4 is 4.74 Å². The highest BCUT2D eigenvalue weighted by molar-refractivity contribution is 5.69. The van der Waals surface area contributed by atoms with Crippen LogP contribution in [0.1, 0.15) is 81.2 Å². The van der Waals surface area contributed by atoms with Crippen molar-refractivity contribution < 1.29 is 28.5 Å². The van der Waals surface area contributed by atoms with E-state index in [9.17, 15) is 14.3 Å². The van der Waals surface area contributed by atoms with E-state index in [-0.39, 0.29) is 24.5 Å². The number of carbonyl (C=O) groups excluding carboxylic acids is 1. The zero-order valence-corrected chi connectivity index (χ0v) is 24.1. The Morgan fingerprint density at radius 2 is 2.00 bits per heavy atom. The van der Waals surface area contributed by atoms with Gasteiger partial charge in [0.1, 0.15) is 11.6 Å². The molecule has 0 spiro atoms. The highest BCUT2D eigenvalue weighted by atomic mass is 19.1. The van der Waals surface area contributed by atoms with Crippen molar-refractivity contribution in [3.05, 3.63) is 64.5 Å². The predicted octanol–water partition coefficient (Wildman–Crippen LogP) is 5.95. The average Bonchev–Trinajstić information content (AvgIpc) is 3.34. The molecule has 2 aromatic carbocycles. The third-order valence-electron chi connectivity index (χ3n) is 7.46. The lowest BCUT2D eigenvalue weighted by atomic mass is 9.97. The number of esters is 1. The maximum Gasteiger partial charge on any atom is 0.305 e. The number of aryl methyl sites for hydroxylation is 1. The number of ether oxygens (including phenoxy) is 3. The fourth-order valence-corrected chi connectivity index (χ4v) is 5.40. The maximum atomic E-state index is 14.0. The number of β-amino-alcohol motifs (C(OH)–C–C–N with tert-alkyl or cyclic N) is 1. The van der Waals surface area contributed by atoms with Crippen LogP contribution >= 0.6 is 0 Å². The van der Waals surface area contributed by atoms with Crippen LogP contribution in [0.15, 0.2) is 36.4 Å². The highest BCUT2D eigenvalue weighted by Gasteiger charge is 2.27. The molecule has 1 fully saturated rings. The zero-order chi connectivity index (χ0) is 28.2. The van der Waals surface area contributed by atoms with Crippen molar-refractivity contribution >= 4 is 5.97 Å². The number of benzene rings is 2. The predicted molar refractivity (Wildman–Crippen MR) is 152 cm³/mol. The maximum absolute atomic E-state index is 14.0. The number of carbonyl (C=O) groups is 1. The van der Waals surface area contributed by atoms with Crippen LogP contribution in [0.5, 0.6) is 5.75 Å². The molecule has 0 aromatic heterocycles. The third kappa shape index (κ3) is 9.59. The SMILES string of the molecule is CCOC(=O)CCCCc1c(OCC)cccc1C(C)OCC(O)CN1CCC[C@H]1Cc1ccc(C)c(F)c1. The second-order valence-corrected chi connectivity index (χ2v) is 10.5. The van der Waals surface area contributed by atoms with E-state index >= 15 is 0 Å². The van der Waals surface area contributed by atoms with Gasteiger partial charge in [0.05, 0.1) is 32.0 Å². The van der Waals surface area contributed by atoms with E-state index in [1.807, 2.05) is 45.0 Å². The Morgan fingerprint density at radius 1 is 1.18 bits per heavy atom. The largest absolute Gasteiger partial charge is 0.494 e. The van der Waals surface area contributed by atoms with Gasteiger partial charge in [0.2, 0.25) is 0 Å². The molecule has 0 saturated carbocycles. The lowest BCUT2D eigenvalue weighted by molar-refractivity contribution is -0.143. The topological polar surface area (TPSA) is 68.2 Å². The summed E-state index contributed by atoms with van der Waals surface area (Å²) in [7, 11) is 0. The molecule has 1 aliphatic heterocycles. The average molecular weight is 544 g/mol. The van der Waals surface area contributed by atoms with Gasteiger partial charge >= 0.3 is 5.97 Å². The van der Waals surface area contributed by atoms with E-state index in [0.29, 0.717) is 37.8 Å². The van der Waals surface area contributed by atoms with Crippen LogP contribution in [-0.2, 0) is 27.1 Å². The molecule has 3 atom stereocenters. The number of aliphatic hydroxyl groups is 1. The van der Waals surface area contributed by atoms with Gasteiger partial charge in [0.25, 0.3) is 0 Å². The van der Waals surface area contributed by atoms with Crippen molar-refractivity contribution in [2.75, 3.05) is 32.9 Å². The minimum Gasteiger partial charge on any atom is -0.494 e. The Labute approximate surface area is 233 Å². The van der Waals surface area contributed by atoms with Gasteiger partial charge in [0.15, 0.2) is 0 Å². The third-order valence-corrected chi connectivity index (χ3v) is 7.46. The molecule has 39 heavy (non-hydrogen) atoms. The van der Waals surface area contributed by atoms with E-state index in [4.69, 9.17) is 14.2 Å². The van der Waals surface area contributed by atoms with Crippen molar-refractivity contribution in [2.45, 2.75) is 90.9 Å². The molecular formula is C32H46FNO5. The van der Waals surface area contributed by atoms with Crippen molar-refractivity contribution in [3.63, 3.8) is 0 Å². The Hall–Kier alpha value is -2.48. The quantitative estimate of drug-likeness (QED) is 0.208. The van der Waals surface area contributed by atoms with Crippen LogP contribution in [0.2, 0.25) is 0 Å². The van der Waals surface area contributed by atoms with E-state index < -0.39 is 6.10 Å². The molecule has 7 heteroatoms. The van der Waals surface area contributed by atoms with Gasteiger partial charge in [-0.2, -0.15) is 0 Å². The number of likely N-dealkylation sites (tertiary alicyclic amines) is 1. The fraction of sp³-hybridized carbons (Fsp3) is 0.594. The molecule has 1 saturated heterocycles. The monoisotopic (exact) mass is 543 g/mol. The number of nitrogens with zero attached hydrogens (tertiary/aromatic N) is 1. The van der Waals surface area contributed by atoms with Crippen LogP contribution in [0.4, 0.5) is 4.39 Å². The van der Waals surface area contributed by atoms with Crippen LogP contribution in [0.3, 0.4) is 0 Å². The first kappa shape index (κ1) is 31.1. The molecule has 0 bridgehead atoms. The Kier molecular flexibility index (Phi) is 12.7. The summed E-state index contributed by atoms with van der Waals surface area (Å²) in [6, 6.07) is 11.8. The molecule has 2 aromatic rings. The molecule has 1 N–H and O–H groups in total. The Bertz CT molecular complexity index is 1050. The van der Waals surface area contributed by atoms with E-state index in [1.165, 1.54) is 0 Å². The second-order valence-electron chi connectivity index (χ2n) is 10.5. The van der Waals surface area contributed by atoms with E-state index in [0.717, 1.165) is 67.5 Å². The van der Waals surface area contributed by atoms with Crippen LogP contribution in [-0.4, -0.2) is 61.0 Å². The van der Waals surface area contributed by atoms with Gasteiger partial charge in [0, 0.05) is 19.0 Å². The molecule has 0 amide bonds. The number of hydrogen-bond donors (Lipinski definition) is 1. The summed E-state index contributed by atoms with van der Waals surface area (Å²) in [6.45, 7) is 10.2. The molecule has 216 valence electrons. The molecule has 6 nitrogen and oxygen atoms in total. The molecule has 3 rings (SSSR count). The summed E-state index contributed by atoms with van der Waals surface area (Å²) in [5, 5.41) is 10.9. The van der Waals surface area contributed by atoms with Crippen molar-refractivity contribution in [2.24, 2.45) is 0 Å². The van der Waals surface area contributed by atoms with Gasteiger partial charge in [-0.05, 0) is 107 Å². The number of hydrogen-bond acceptors (Lipinski definition) is 6. The smallest absolute Gasteiger partial charge is 0.305 e. The number of aliphatic hydroxyl groups excluding tert-OH is 1. The van der Waals surface area contributed by atoms with Gasteiger partial charge in [-0.25, -0.2) is 4.39 Å². The van der Waals surface area contributed by atoms with E-state index in [1.54, 1.807) is 13.0 Å². The number of unbranched alkanes of at least 4 members (excludes halogenated alkanes) is 1. The standard InChI is InChI=1S/C32H46FNO5/c1-5-37-31-14-9-13-28(29(31)12-7-8-15-32(36)38-6-2)24(4)39-22-27(35)21-34-18-10-11-26(34)19-25-17-16-23(3)30(33)20-25/h9,13-14,16-17,20,24,26-27,35H,5-8,10-12,15,18-19,21-22H2,1-4H3/t24?,26-,27?/m0/s1. The number of halogens is 1. The fourth-order valence-electron chi connectivity index (χ4n) is 5.40. The van der Waals surface area contributed by atoms with Crippen molar-refractivity contribution in [1.29, 1.82) is 0 Å². The van der Waals surface area contributed by atoms with Gasteiger partial charge in [-0.1, -0.05) is 24.3 Å². The summed E-state index contributed by atoms with van der Waals surface area (Å²) in [5.74, 6) is 0.522. The normalized spacial score (nSPS) is 17.2. The molecular weight excluding hydrogens is 497 g/mol. The van der Waals surface area contributed by atoms with Crippen LogP contribution in [0.25, 0.3) is 0 Å². The minimum atomic E-state index is -0.620. The van der Waals surface area contributed by atoms with Gasteiger partial charge in [-0.3, -0.25) is 9.69 Å². The Morgan fingerprint density at radius 3 is 2.74 bits per heavy atom. The first-order valence-corrected chi connectivity index (χ1v) is 14.5. The van der Waals surface area contributed by atoms with Gasteiger partial charge < -0.3 is 19.3 Å². The molecule has 0 aliphatic carbocycles. The molecule has 1 heterocycles. The van der Waals surface area contributed by atoms with Crippen LogP contribution in [0, 0.1) is 12.7 Å². The summed E-state index contributed by atoms with van der Waals surface area (Å²) < 4.78 is 31.1. The lowest BCUT2D eigenvalue weighted by Gasteiger charge is -2.28. The zero-order valence-electron chi connectivity index (χ0n) is 24.1. The highest BCUT2D eigenvalue weighted by Crippen LogP contribution is 2.31. The first-order chi connectivity index (χ1) is 18.8. The summed E-state index contributed by atoms with van der Waals surface area (Å²) in [4.78, 5) is 14.0. The summed E-state index contributed by atoms with van der Waals surface area (Å²) in [6.07, 6.45) is 4.84.